The van der Waals surface area contributed by atoms with Gasteiger partial charge in [-0.15, -0.1) is 0 Å². The Kier molecular flexibility index (Phi) is 5.75. The van der Waals surface area contributed by atoms with E-state index in [-0.39, 0.29) is 18.4 Å². The summed E-state index contributed by atoms with van der Waals surface area (Å²) in [5.41, 5.74) is 3.76. The van der Waals surface area contributed by atoms with E-state index in [0.717, 1.165) is 16.7 Å². The molecule has 1 aliphatic heterocycles. The summed E-state index contributed by atoms with van der Waals surface area (Å²) in [4.78, 5) is 30.3. The molecule has 30 heavy (non-hydrogen) atoms. The van der Waals surface area contributed by atoms with Gasteiger partial charge in [0.2, 0.25) is 0 Å². The van der Waals surface area contributed by atoms with Crippen LogP contribution in [-0.4, -0.2) is 28.2 Å². The van der Waals surface area contributed by atoms with E-state index in [4.69, 9.17) is 0 Å². The predicted molar refractivity (Wildman–Crippen MR) is 118 cm³/mol. The van der Waals surface area contributed by atoms with E-state index in [0.29, 0.717) is 24.4 Å². The number of hydrogen-bond donors (Lipinski definition) is 0. The van der Waals surface area contributed by atoms with E-state index in [9.17, 15) is 9.59 Å². The Balaban J connectivity index is 1.74. The molecular formula is C26H24N2O2. The number of hydrogen-bond acceptors (Lipinski definition) is 3. The molecule has 1 aliphatic rings. The molecule has 150 valence electrons. The summed E-state index contributed by atoms with van der Waals surface area (Å²) >= 11 is 0. The van der Waals surface area contributed by atoms with Crippen molar-refractivity contribution >= 4 is 17.4 Å². The second-order valence-electron chi connectivity index (χ2n) is 7.27. The van der Waals surface area contributed by atoms with Gasteiger partial charge >= 0.3 is 0 Å². The molecule has 0 aromatic heterocycles. The third-order valence-electron chi connectivity index (χ3n) is 5.30. The Labute approximate surface area is 177 Å². The van der Waals surface area contributed by atoms with Gasteiger partial charge in [-0.05, 0) is 23.6 Å². The normalized spacial score (nSPS) is 13.8. The number of benzene rings is 3. The van der Waals surface area contributed by atoms with Crippen LogP contribution in [0.5, 0.6) is 0 Å². The maximum absolute atomic E-state index is 13.5. The van der Waals surface area contributed by atoms with E-state index in [1.54, 1.807) is 0 Å². The van der Waals surface area contributed by atoms with Crippen LogP contribution in [-0.2, 0) is 22.7 Å². The predicted octanol–water partition coefficient (Wildman–Crippen LogP) is 4.49. The molecule has 1 heterocycles. The zero-order valence-corrected chi connectivity index (χ0v) is 17.0. The molecule has 4 rings (SSSR count). The summed E-state index contributed by atoms with van der Waals surface area (Å²) in [5, 5.41) is 0. The van der Waals surface area contributed by atoms with E-state index in [2.05, 4.69) is 0 Å². The number of amides is 2. The topological polar surface area (TPSA) is 40.6 Å². The molecule has 4 nitrogen and oxygen atoms in total. The minimum absolute atomic E-state index is 0.236. The molecule has 0 radical (unpaired) electrons. The summed E-state index contributed by atoms with van der Waals surface area (Å²) in [6.07, 6.45) is 0. The molecule has 0 fully saturated rings. The van der Waals surface area contributed by atoms with E-state index in [1.165, 1.54) is 4.90 Å². The van der Waals surface area contributed by atoms with Gasteiger partial charge in [0.05, 0.1) is 12.1 Å². The first-order valence-electron chi connectivity index (χ1n) is 10.2. The molecule has 0 saturated carbocycles. The Bertz CT molecular complexity index is 1060. The van der Waals surface area contributed by atoms with Gasteiger partial charge in [-0.2, -0.15) is 0 Å². The summed E-state index contributed by atoms with van der Waals surface area (Å²) in [7, 11) is 0. The number of carbonyl (C=O) groups excluding carboxylic acids is 2. The van der Waals surface area contributed by atoms with Crippen LogP contribution in [0.2, 0.25) is 0 Å². The Morgan fingerprint density at radius 1 is 0.700 bits per heavy atom. The molecule has 0 N–H and O–H groups in total. The molecule has 0 spiro atoms. The van der Waals surface area contributed by atoms with E-state index in [1.807, 2.05) is 103 Å². The number of imide groups is 1. The Morgan fingerprint density at radius 3 is 1.80 bits per heavy atom. The Hall–Kier alpha value is -3.66. The van der Waals surface area contributed by atoms with Gasteiger partial charge in [0.15, 0.2) is 0 Å². The number of likely N-dealkylation sites (N-methyl/N-ethyl adjacent to an activating group) is 1. The SMILES string of the molecule is CCN(Cc1ccccc1)C1=C(c2ccccc2)C(=O)N(Cc2ccccc2)C1=O. The van der Waals surface area contributed by atoms with Gasteiger partial charge in [-0.3, -0.25) is 14.5 Å². The number of carbonyl (C=O) groups is 2. The van der Waals surface area contributed by atoms with Crippen LogP contribution in [0.25, 0.3) is 5.57 Å². The van der Waals surface area contributed by atoms with Crippen molar-refractivity contribution in [3.63, 3.8) is 0 Å². The first-order chi connectivity index (χ1) is 14.7. The lowest BCUT2D eigenvalue weighted by Crippen LogP contribution is -2.34. The van der Waals surface area contributed by atoms with E-state index < -0.39 is 0 Å². The van der Waals surface area contributed by atoms with Gasteiger partial charge < -0.3 is 4.90 Å². The van der Waals surface area contributed by atoms with Gasteiger partial charge in [0, 0.05) is 13.1 Å². The molecule has 0 atom stereocenters. The van der Waals surface area contributed by atoms with Crippen molar-refractivity contribution in [3.05, 3.63) is 113 Å². The third-order valence-corrected chi connectivity index (χ3v) is 5.30. The lowest BCUT2D eigenvalue weighted by atomic mass is 10.0. The summed E-state index contributed by atoms with van der Waals surface area (Å²) in [6, 6.07) is 29.1. The Morgan fingerprint density at radius 2 is 1.23 bits per heavy atom. The molecule has 0 bridgehead atoms. The lowest BCUT2D eigenvalue weighted by molar-refractivity contribution is -0.138. The zero-order chi connectivity index (χ0) is 20.9. The van der Waals surface area contributed by atoms with Crippen LogP contribution >= 0.6 is 0 Å². The van der Waals surface area contributed by atoms with Crippen molar-refractivity contribution in [2.24, 2.45) is 0 Å². The van der Waals surface area contributed by atoms with Crippen molar-refractivity contribution in [1.82, 2.24) is 9.80 Å². The first-order valence-corrected chi connectivity index (χ1v) is 10.2. The average molecular weight is 396 g/mol. The number of nitrogens with zero attached hydrogens (tertiary/aromatic N) is 2. The van der Waals surface area contributed by atoms with Gasteiger partial charge in [0.1, 0.15) is 5.70 Å². The van der Waals surface area contributed by atoms with Crippen LogP contribution in [0, 0.1) is 0 Å². The minimum Gasteiger partial charge on any atom is -0.362 e. The van der Waals surface area contributed by atoms with Crippen molar-refractivity contribution in [3.8, 4) is 0 Å². The van der Waals surface area contributed by atoms with Crippen LogP contribution in [0.4, 0.5) is 0 Å². The highest BCUT2D eigenvalue weighted by molar-refractivity contribution is 6.35. The fraction of sp³-hybridized carbons (Fsp3) is 0.154. The van der Waals surface area contributed by atoms with Crippen LogP contribution < -0.4 is 0 Å². The van der Waals surface area contributed by atoms with Crippen LogP contribution in [0.3, 0.4) is 0 Å². The summed E-state index contributed by atoms with van der Waals surface area (Å²) in [5.74, 6) is -0.475. The second kappa shape index (κ2) is 8.78. The fourth-order valence-electron chi connectivity index (χ4n) is 3.78. The maximum Gasteiger partial charge on any atom is 0.278 e. The maximum atomic E-state index is 13.5. The highest BCUT2D eigenvalue weighted by Gasteiger charge is 2.41. The monoisotopic (exact) mass is 396 g/mol. The highest BCUT2D eigenvalue weighted by atomic mass is 16.2. The third kappa shape index (κ3) is 3.90. The summed E-state index contributed by atoms with van der Waals surface area (Å²) < 4.78 is 0. The van der Waals surface area contributed by atoms with Crippen molar-refractivity contribution in [2.75, 3.05) is 6.54 Å². The van der Waals surface area contributed by atoms with E-state index >= 15 is 0 Å². The van der Waals surface area contributed by atoms with Crippen LogP contribution in [0.1, 0.15) is 23.6 Å². The molecule has 0 unspecified atom stereocenters. The van der Waals surface area contributed by atoms with Crippen molar-refractivity contribution in [2.45, 2.75) is 20.0 Å². The number of rotatable bonds is 7. The lowest BCUT2D eigenvalue weighted by Gasteiger charge is -2.25. The fourth-order valence-corrected chi connectivity index (χ4v) is 3.78. The quantitative estimate of drug-likeness (QED) is 0.553. The van der Waals surface area contributed by atoms with Gasteiger partial charge in [-0.1, -0.05) is 91.0 Å². The van der Waals surface area contributed by atoms with Crippen molar-refractivity contribution in [1.29, 1.82) is 0 Å². The second-order valence-corrected chi connectivity index (χ2v) is 7.27. The molecule has 0 aliphatic carbocycles. The zero-order valence-electron chi connectivity index (χ0n) is 17.0. The first kappa shape index (κ1) is 19.6. The van der Waals surface area contributed by atoms with Crippen LogP contribution in [0.15, 0.2) is 96.7 Å². The smallest absolute Gasteiger partial charge is 0.278 e. The molecule has 4 heteroatoms. The molecule has 3 aromatic carbocycles. The average Bonchev–Trinajstić information content (AvgIpc) is 3.04. The van der Waals surface area contributed by atoms with Crippen molar-refractivity contribution < 1.29 is 9.59 Å². The molecule has 2 amide bonds. The largest absolute Gasteiger partial charge is 0.362 e. The molecular weight excluding hydrogens is 372 g/mol. The molecule has 3 aromatic rings. The standard InChI is InChI=1S/C26H24N2O2/c1-2-27(18-20-12-6-3-7-13-20)24-23(22-16-10-5-11-17-22)25(29)28(26(24)30)19-21-14-8-4-9-15-21/h3-17H,2,18-19H2,1H3. The summed E-state index contributed by atoms with van der Waals surface area (Å²) in [6.45, 7) is 3.47. The highest BCUT2D eigenvalue weighted by Crippen LogP contribution is 2.33. The minimum atomic E-state index is -0.239. The van der Waals surface area contributed by atoms with Gasteiger partial charge in [0.25, 0.3) is 11.8 Å². The molecule has 0 saturated heterocycles. The van der Waals surface area contributed by atoms with Gasteiger partial charge in [-0.25, -0.2) is 0 Å².